The van der Waals surface area contributed by atoms with E-state index in [-0.39, 0.29) is 5.78 Å². The number of carbonyl (C=O) groups is 1. The van der Waals surface area contributed by atoms with Gasteiger partial charge < -0.3 is 9.47 Å². The average Bonchev–Trinajstić information content (AvgIpc) is 3.43. The molecule has 144 valence electrons. The van der Waals surface area contributed by atoms with Crippen LogP contribution in [0, 0.1) is 6.92 Å². The van der Waals surface area contributed by atoms with Crippen molar-refractivity contribution in [3.8, 4) is 0 Å². The fraction of sp³-hybridized carbons (Fsp3) is 0.364. The van der Waals surface area contributed by atoms with Crippen LogP contribution in [-0.2, 0) is 6.54 Å². The molecular weight excluding hydrogens is 368 g/mol. The Morgan fingerprint density at radius 3 is 2.57 bits per heavy atom. The molecule has 0 spiro atoms. The van der Waals surface area contributed by atoms with Crippen LogP contribution in [0.2, 0.25) is 0 Å². The third-order valence-electron chi connectivity index (χ3n) is 5.74. The fourth-order valence-electron chi connectivity index (χ4n) is 4.35. The third-order valence-corrected chi connectivity index (χ3v) is 6.61. The van der Waals surface area contributed by atoms with E-state index in [0.29, 0.717) is 5.69 Å². The number of hydrogen-bond acceptors (Lipinski definition) is 4. The number of carbonyl (C=O) groups excluding carboxylic acids is 1. The highest BCUT2D eigenvalue weighted by Crippen LogP contribution is 2.27. The number of ketones is 1. The van der Waals surface area contributed by atoms with Crippen LogP contribution in [0.15, 0.2) is 41.8 Å². The Morgan fingerprint density at radius 2 is 1.82 bits per heavy atom. The number of rotatable bonds is 5. The monoisotopic (exact) mass is 392 g/mol. The molecule has 0 atom stereocenters. The lowest BCUT2D eigenvalue weighted by Crippen LogP contribution is -2.32. The lowest BCUT2D eigenvalue weighted by atomic mass is 10.1. The Morgan fingerprint density at radius 1 is 1.04 bits per heavy atom. The third kappa shape index (κ3) is 2.88. The molecule has 4 heterocycles. The van der Waals surface area contributed by atoms with Gasteiger partial charge in [-0.2, -0.15) is 0 Å². The standard InChI is InChI=1S/C22H24N4OS/c1-16-20(21(27)19-10-7-15-28-19)26-18-9-4-3-8-17(18)25(22(26)23-16)14-13-24-11-5-2-6-12-24/h3-4,7-10,15H,2,5-6,11-14H2,1H3. The molecule has 1 fully saturated rings. The number of thiophene rings is 1. The molecule has 1 aliphatic rings. The SMILES string of the molecule is Cc1nc2n(CCN3CCCCC3)c3ccccc3n2c1C(=O)c1cccs1. The van der Waals surface area contributed by atoms with Gasteiger partial charge in [0.2, 0.25) is 11.6 Å². The number of aromatic nitrogens is 3. The zero-order valence-electron chi connectivity index (χ0n) is 16.1. The summed E-state index contributed by atoms with van der Waals surface area (Å²) in [6.07, 6.45) is 3.94. The first kappa shape index (κ1) is 17.6. The van der Waals surface area contributed by atoms with Crippen LogP contribution < -0.4 is 0 Å². The molecule has 6 heteroatoms. The predicted molar refractivity (Wildman–Crippen MR) is 113 cm³/mol. The maximum absolute atomic E-state index is 13.2. The number of piperidine rings is 1. The summed E-state index contributed by atoms with van der Waals surface area (Å²) in [5.41, 5.74) is 3.68. The molecule has 5 rings (SSSR count). The molecule has 5 nitrogen and oxygen atoms in total. The Balaban J connectivity index is 1.62. The van der Waals surface area contributed by atoms with Crippen molar-refractivity contribution in [1.29, 1.82) is 0 Å². The van der Waals surface area contributed by atoms with Gasteiger partial charge in [-0.15, -0.1) is 11.3 Å². The minimum Gasteiger partial charge on any atom is -0.308 e. The van der Waals surface area contributed by atoms with Crippen molar-refractivity contribution in [2.45, 2.75) is 32.7 Å². The highest BCUT2D eigenvalue weighted by molar-refractivity contribution is 7.12. The molecule has 1 aromatic carbocycles. The van der Waals surface area contributed by atoms with Crippen LogP contribution in [0.5, 0.6) is 0 Å². The highest BCUT2D eigenvalue weighted by Gasteiger charge is 2.24. The Hall–Kier alpha value is -2.44. The van der Waals surface area contributed by atoms with Gasteiger partial charge in [-0.05, 0) is 56.4 Å². The first-order valence-corrected chi connectivity index (χ1v) is 10.9. The number of likely N-dealkylation sites (tertiary alicyclic amines) is 1. The van der Waals surface area contributed by atoms with Crippen LogP contribution >= 0.6 is 11.3 Å². The number of benzene rings is 1. The first-order valence-electron chi connectivity index (χ1n) is 10.0. The van der Waals surface area contributed by atoms with Gasteiger partial charge in [-0.3, -0.25) is 9.20 Å². The van der Waals surface area contributed by atoms with Crippen LogP contribution in [0.1, 0.15) is 40.3 Å². The quantitative estimate of drug-likeness (QED) is 0.474. The van der Waals surface area contributed by atoms with Gasteiger partial charge in [-0.1, -0.05) is 24.6 Å². The van der Waals surface area contributed by atoms with E-state index in [0.717, 1.165) is 40.5 Å². The number of fused-ring (bicyclic) bond motifs is 3. The molecule has 1 saturated heterocycles. The first-order chi connectivity index (χ1) is 13.7. The number of nitrogens with zero attached hydrogens (tertiary/aromatic N) is 4. The normalized spacial score (nSPS) is 15.6. The van der Waals surface area contributed by atoms with Crippen LogP contribution in [-0.4, -0.2) is 44.3 Å². The van der Waals surface area contributed by atoms with Crippen LogP contribution in [0.3, 0.4) is 0 Å². The predicted octanol–water partition coefficient (Wildman–Crippen LogP) is 4.38. The van der Waals surface area contributed by atoms with Crippen molar-refractivity contribution in [2.75, 3.05) is 19.6 Å². The summed E-state index contributed by atoms with van der Waals surface area (Å²) in [4.78, 5) is 21.3. The van der Waals surface area contributed by atoms with Crippen molar-refractivity contribution < 1.29 is 4.79 Å². The van der Waals surface area contributed by atoms with Crippen molar-refractivity contribution in [3.63, 3.8) is 0 Å². The Kier molecular flexibility index (Phi) is 4.53. The van der Waals surface area contributed by atoms with Crippen molar-refractivity contribution in [3.05, 3.63) is 58.0 Å². The van der Waals surface area contributed by atoms with Gasteiger partial charge >= 0.3 is 0 Å². The second kappa shape index (κ2) is 7.18. The topological polar surface area (TPSA) is 42.5 Å². The Labute approximate surface area is 168 Å². The number of hydrogen-bond donors (Lipinski definition) is 0. The summed E-state index contributed by atoms with van der Waals surface area (Å²) in [7, 11) is 0. The van der Waals surface area contributed by atoms with Gasteiger partial charge in [0.25, 0.3) is 0 Å². The zero-order valence-corrected chi connectivity index (χ0v) is 16.9. The molecule has 4 aromatic rings. The van der Waals surface area contributed by atoms with Crippen LogP contribution in [0.25, 0.3) is 16.8 Å². The van der Waals surface area contributed by atoms with Gasteiger partial charge in [-0.25, -0.2) is 4.98 Å². The summed E-state index contributed by atoms with van der Waals surface area (Å²) in [5, 5.41) is 1.95. The molecule has 0 N–H and O–H groups in total. The number of aryl methyl sites for hydroxylation is 1. The maximum Gasteiger partial charge on any atom is 0.221 e. The van der Waals surface area contributed by atoms with Crippen molar-refractivity contribution >= 4 is 33.9 Å². The lowest BCUT2D eigenvalue weighted by Gasteiger charge is -2.26. The zero-order chi connectivity index (χ0) is 19.1. The Bertz CT molecular complexity index is 1130. The van der Waals surface area contributed by atoms with E-state index >= 15 is 0 Å². The summed E-state index contributed by atoms with van der Waals surface area (Å²) < 4.78 is 4.34. The molecular formula is C22H24N4OS. The second-order valence-electron chi connectivity index (χ2n) is 7.53. The van der Waals surface area contributed by atoms with E-state index in [2.05, 4.69) is 32.1 Å². The largest absolute Gasteiger partial charge is 0.308 e. The van der Waals surface area contributed by atoms with Gasteiger partial charge in [0.05, 0.1) is 21.6 Å². The molecule has 0 bridgehead atoms. The van der Waals surface area contributed by atoms with E-state index in [1.807, 2.05) is 30.5 Å². The minimum atomic E-state index is 0.0546. The van der Waals surface area contributed by atoms with Crippen LogP contribution in [0.4, 0.5) is 0 Å². The maximum atomic E-state index is 13.2. The summed E-state index contributed by atoms with van der Waals surface area (Å²) in [6, 6.07) is 12.1. The van der Waals surface area contributed by atoms with Gasteiger partial charge in [0.15, 0.2) is 0 Å². The molecule has 1 aliphatic heterocycles. The van der Waals surface area contributed by atoms with Gasteiger partial charge in [0, 0.05) is 13.1 Å². The number of para-hydroxylation sites is 2. The molecule has 0 aliphatic carbocycles. The molecule has 28 heavy (non-hydrogen) atoms. The van der Waals surface area contributed by atoms with E-state index in [9.17, 15) is 4.79 Å². The second-order valence-corrected chi connectivity index (χ2v) is 8.48. The fourth-order valence-corrected chi connectivity index (χ4v) is 5.01. The summed E-state index contributed by atoms with van der Waals surface area (Å²) in [5.74, 6) is 0.926. The molecule has 3 aromatic heterocycles. The highest BCUT2D eigenvalue weighted by atomic mass is 32.1. The molecule has 0 unspecified atom stereocenters. The van der Waals surface area contributed by atoms with Crippen molar-refractivity contribution in [2.24, 2.45) is 0 Å². The average molecular weight is 393 g/mol. The smallest absolute Gasteiger partial charge is 0.221 e. The van der Waals surface area contributed by atoms with E-state index in [1.165, 1.54) is 43.7 Å². The van der Waals surface area contributed by atoms with Crippen molar-refractivity contribution in [1.82, 2.24) is 18.9 Å². The minimum absolute atomic E-state index is 0.0546. The van der Waals surface area contributed by atoms with E-state index in [1.54, 1.807) is 0 Å². The van der Waals surface area contributed by atoms with E-state index < -0.39 is 0 Å². The summed E-state index contributed by atoms with van der Waals surface area (Å²) in [6.45, 7) is 6.22. The molecule has 0 radical (unpaired) electrons. The van der Waals surface area contributed by atoms with E-state index in [4.69, 9.17) is 4.98 Å². The summed E-state index contributed by atoms with van der Waals surface area (Å²) >= 11 is 1.48. The molecule has 0 saturated carbocycles. The molecule has 0 amide bonds. The number of imidazole rings is 2. The van der Waals surface area contributed by atoms with Gasteiger partial charge in [0.1, 0.15) is 5.69 Å². The lowest BCUT2D eigenvalue weighted by molar-refractivity contribution is 0.103.